The molecule has 1 aliphatic heterocycles. The number of carbonyl (C=O) groups is 1. The molecule has 1 aromatic rings. The highest BCUT2D eigenvalue weighted by molar-refractivity contribution is 7.99. The molecule has 0 unspecified atom stereocenters. The quantitative estimate of drug-likeness (QED) is 0.793. The fraction of sp³-hybridized carbons (Fsp3) is 0.462. The molecule has 1 fully saturated rings. The van der Waals surface area contributed by atoms with Gasteiger partial charge < -0.3 is 15.7 Å². The molecular formula is C13H16Cl2N2O2S. The van der Waals surface area contributed by atoms with Gasteiger partial charge in [-0.25, -0.2) is 4.79 Å². The Hall–Kier alpha value is -0.620. The molecule has 0 aliphatic carbocycles. The molecule has 1 heterocycles. The van der Waals surface area contributed by atoms with E-state index in [1.54, 1.807) is 30.0 Å². The van der Waals surface area contributed by atoms with Crippen molar-refractivity contribution in [3.8, 4) is 0 Å². The predicted molar refractivity (Wildman–Crippen MR) is 83.6 cm³/mol. The first-order valence-corrected chi connectivity index (χ1v) is 8.15. The van der Waals surface area contributed by atoms with Gasteiger partial charge in [0.1, 0.15) is 0 Å². The van der Waals surface area contributed by atoms with Crippen LogP contribution < -0.4 is 10.6 Å². The summed E-state index contributed by atoms with van der Waals surface area (Å²) in [5.74, 6) is 1.59. The van der Waals surface area contributed by atoms with Gasteiger partial charge in [-0.3, -0.25) is 0 Å². The molecule has 0 saturated carbocycles. The molecule has 2 amide bonds. The highest BCUT2D eigenvalue weighted by atomic mass is 35.5. The molecule has 1 atom stereocenters. The number of hydrogen-bond donors (Lipinski definition) is 3. The third kappa shape index (κ3) is 4.45. The van der Waals surface area contributed by atoms with E-state index in [1.165, 1.54) is 0 Å². The third-order valence-corrected chi connectivity index (χ3v) is 4.94. The Labute approximate surface area is 132 Å². The number of aliphatic hydroxyl groups is 1. The maximum atomic E-state index is 11.7. The summed E-state index contributed by atoms with van der Waals surface area (Å²) in [6, 6.07) is 4.81. The van der Waals surface area contributed by atoms with Gasteiger partial charge in [-0.1, -0.05) is 29.3 Å². The summed E-state index contributed by atoms with van der Waals surface area (Å²) < 4.78 is 0. The van der Waals surface area contributed by atoms with Crippen LogP contribution in [0.3, 0.4) is 0 Å². The third-order valence-electron chi connectivity index (χ3n) is 3.12. The van der Waals surface area contributed by atoms with Gasteiger partial charge in [0.05, 0.1) is 5.60 Å². The van der Waals surface area contributed by atoms with E-state index >= 15 is 0 Å². The number of amides is 2. The van der Waals surface area contributed by atoms with Gasteiger partial charge in [0.2, 0.25) is 0 Å². The second-order valence-corrected chi connectivity index (χ2v) is 6.75. The highest BCUT2D eigenvalue weighted by Gasteiger charge is 2.31. The van der Waals surface area contributed by atoms with Crippen molar-refractivity contribution in [3.05, 3.63) is 33.8 Å². The van der Waals surface area contributed by atoms with Crippen molar-refractivity contribution in [2.45, 2.75) is 18.6 Å². The van der Waals surface area contributed by atoms with Crippen molar-refractivity contribution in [1.82, 2.24) is 10.6 Å². The minimum Gasteiger partial charge on any atom is -0.387 e. The Morgan fingerprint density at radius 3 is 2.85 bits per heavy atom. The molecular weight excluding hydrogens is 319 g/mol. The summed E-state index contributed by atoms with van der Waals surface area (Å²) in [6.07, 6.45) is 0.709. The Balaban J connectivity index is 1.77. The van der Waals surface area contributed by atoms with Gasteiger partial charge in [-0.05, 0) is 29.9 Å². The van der Waals surface area contributed by atoms with Crippen molar-refractivity contribution in [1.29, 1.82) is 0 Å². The molecule has 3 N–H and O–H groups in total. The van der Waals surface area contributed by atoms with Crippen LogP contribution in [-0.4, -0.2) is 34.8 Å². The monoisotopic (exact) mass is 334 g/mol. The molecule has 20 heavy (non-hydrogen) atoms. The Kier molecular flexibility index (Phi) is 5.43. The number of benzene rings is 1. The van der Waals surface area contributed by atoms with E-state index in [4.69, 9.17) is 23.2 Å². The summed E-state index contributed by atoms with van der Waals surface area (Å²) >= 11 is 13.5. The predicted octanol–water partition coefficient (Wildman–Crippen LogP) is 2.66. The number of thioether (sulfide) groups is 1. The number of rotatable bonds is 4. The van der Waals surface area contributed by atoms with Crippen molar-refractivity contribution in [2.24, 2.45) is 0 Å². The fourth-order valence-electron chi connectivity index (χ4n) is 1.88. The van der Waals surface area contributed by atoms with Crippen LogP contribution in [0, 0.1) is 0 Å². The second kappa shape index (κ2) is 6.89. The van der Waals surface area contributed by atoms with Gasteiger partial charge in [-0.2, -0.15) is 11.8 Å². The molecule has 1 aliphatic rings. The summed E-state index contributed by atoms with van der Waals surface area (Å²) in [5.41, 5.74) is 0.0151. The lowest BCUT2D eigenvalue weighted by Gasteiger charge is -2.21. The average Bonchev–Trinajstić information content (AvgIpc) is 2.83. The van der Waals surface area contributed by atoms with Crippen LogP contribution in [0.15, 0.2) is 18.2 Å². The number of halogens is 2. The van der Waals surface area contributed by atoms with Crippen LogP contribution in [0.1, 0.15) is 12.0 Å². The zero-order valence-corrected chi connectivity index (χ0v) is 13.1. The summed E-state index contributed by atoms with van der Waals surface area (Å²) in [5, 5.41) is 16.6. The molecule has 4 nitrogen and oxygen atoms in total. The van der Waals surface area contributed by atoms with Crippen molar-refractivity contribution >= 4 is 41.0 Å². The molecule has 0 bridgehead atoms. The largest absolute Gasteiger partial charge is 0.387 e. The minimum absolute atomic E-state index is 0.264. The first kappa shape index (κ1) is 15.8. The highest BCUT2D eigenvalue weighted by Crippen LogP contribution is 2.26. The summed E-state index contributed by atoms with van der Waals surface area (Å²) in [4.78, 5) is 11.7. The Morgan fingerprint density at radius 2 is 2.20 bits per heavy atom. The van der Waals surface area contributed by atoms with Crippen molar-refractivity contribution < 1.29 is 9.90 Å². The maximum absolute atomic E-state index is 11.7. The molecule has 1 aromatic carbocycles. The van der Waals surface area contributed by atoms with E-state index in [2.05, 4.69) is 10.6 Å². The standard InChI is InChI=1S/C13H16Cl2N2O2S/c14-10-2-1-9(11(15)5-10)6-16-12(18)17-7-13(19)3-4-20-8-13/h1-2,5,19H,3-4,6-8H2,(H2,16,17,18)/t13-/m0/s1. The van der Waals surface area contributed by atoms with E-state index in [-0.39, 0.29) is 12.6 Å². The average molecular weight is 335 g/mol. The van der Waals surface area contributed by atoms with Gasteiger partial charge in [-0.15, -0.1) is 0 Å². The maximum Gasteiger partial charge on any atom is 0.315 e. The van der Waals surface area contributed by atoms with Gasteiger partial charge in [0.15, 0.2) is 0 Å². The first-order chi connectivity index (χ1) is 9.48. The van der Waals surface area contributed by atoms with Crippen molar-refractivity contribution in [3.63, 3.8) is 0 Å². The first-order valence-electron chi connectivity index (χ1n) is 6.24. The second-order valence-electron chi connectivity index (χ2n) is 4.80. The molecule has 0 radical (unpaired) electrons. The van der Waals surface area contributed by atoms with E-state index < -0.39 is 5.60 Å². The van der Waals surface area contributed by atoms with Crippen molar-refractivity contribution in [2.75, 3.05) is 18.1 Å². The topological polar surface area (TPSA) is 61.4 Å². The van der Waals surface area contributed by atoms with Crippen LogP contribution in [0.2, 0.25) is 10.0 Å². The van der Waals surface area contributed by atoms with E-state index in [9.17, 15) is 9.90 Å². The molecule has 0 spiro atoms. The zero-order chi connectivity index (χ0) is 14.6. The molecule has 2 rings (SSSR count). The normalized spacial score (nSPS) is 21.8. The van der Waals surface area contributed by atoms with E-state index in [0.717, 1.165) is 11.3 Å². The van der Waals surface area contributed by atoms with Gasteiger partial charge in [0, 0.05) is 28.9 Å². The molecule has 1 saturated heterocycles. The smallest absolute Gasteiger partial charge is 0.315 e. The number of hydrogen-bond acceptors (Lipinski definition) is 3. The van der Waals surface area contributed by atoms with E-state index in [1.807, 2.05) is 0 Å². The minimum atomic E-state index is -0.778. The lowest BCUT2D eigenvalue weighted by atomic mass is 10.0. The van der Waals surface area contributed by atoms with Gasteiger partial charge >= 0.3 is 6.03 Å². The van der Waals surface area contributed by atoms with E-state index in [0.29, 0.717) is 28.8 Å². The lowest BCUT2D eigenvalue weighted by molar-refractivity contribution is 0.0700. The summed E-state index contributed by atoms with van der Waals surface area (Å²) in [7, 11) is 0. The Bertz CT molecular complexity index is 493. The fourth-order valence-corrected chi connectivity index (χ4v) is 3.65. The molecule has 110 valence electrons. The molecule has 7 heteroatoms. The van der Waals surface area contributed by atoms with Crippen LogP contribution in [-0.2, 0) is 6.54 Å². The van der Waals surface area contributed by atoms with Gasteiger partial charge in [0.25, 0.3) is 0 Å². The van der Waals surface area contributed by atoms with Crippen LogP contribution in [0.4, 0.5) is 4.79 Å². The Morgan fingerprint density at radius 1 is 1.40 bits per heavy atom. The number of nitrogens with one attached hydrogen (secondary N) is 2. The summed E-state index contributed by atoms with van der Waals surface area (Å²) in [6.45, 7) is 0.579. The van der Waals surface area contributed by atoms with Crippen LogP contribution >= 0.6 is 35.0 Å². The molecule has 0 aromatic heterocycles. The number of carbonyl (C=O) groups excluding carboxylic acids is 1. The SMILES string of the molecule is O=C(NCc1ccc(Cl)cc1Cl)NC[C@@]1(O)CCSC1. The lowest BCUT2D eigenvalue weighted by Crippen LogP contribution is -2.46. The van der Waals surface area contributed by atoms with Crippen LogP contribution in [0.25, 0.3) is 0 Å². The van der Waals surface area contributed by atoms with Crippen LogP contribution in [0.5, 0.6) is 0 Å². The number of urea groups is 1. The zero-order valence-electron chi connectivity index (χ0n) is 10.8.